The number of hydrogen-bond donors (Lipinski definition) is 0. The van der Waals surface area contributed by atoms with Gasteiger partial charge >= 0.3 is 0 Å². The van der Waals surface area contributed by atoms with Gasteiger partial charge in [0.1, 0.15) is 0 Å². The second kappa shape index (κ2) is 3.52. The molecule has 0 N–H and O–H groups in total. The zero-order valence-corrected chi connectivity index (χ0v) is 9.22. The number of carbonyl (C=O) groups is 1. The lowest BCUT2D eigenvalue weighted by Crippen LogP contribution is -2.10. The van der Waals surface area contributed by atoms with E-state index < -0.39 is 11.9 Å². The Balaban J connectivity index is 2.45. The summed E-state index contributed by atoms with van der Waals surface area (Å²) >= 11 is 1.75. The first-order valence-corrected chi connectivity index (χ1v) is 5.23. The monoisotopic (exact) mass is 309 g/mol. The Labute approximate surface area is 92.9 Å². The first-order chi connectivity index (χ1) is 6.59. The highest BCUT2D eigenvalue weighted by molar-refractivity contribution is 14.1. The summed E-state index contributed by atoms with van der Waals surface area (Å²) in [5.41, 5.74) is -0.0606. The molecule has 0 bridgehead atoms. The summed E-state index contributed by atoms with van der Waals surface area (Å²) in [7, 11) is 0. The van der Waals surface area contributed by atoms with Crippen LogP contribution in [0.1, 0.15) is 23.2 Å². The fraction of sp³-hybridized carbons (Fsp3) is 0.333. The third kappa shape index (κ3) is 1.77. The number of hydrogen-bond acceptors (Lipinski definition) is 2. The molecule has 0 aliphatic heterocycles. The molecule has 0 aromatic carbocycles. The molecule has 0 saturated heterocycles. The smallest absolute Gasteiger partial charge is 0.227 e. The van der Waals surface area contributed by atoms with Crippen molar-refractivity contribution in [3.8, 4) is 0 Å². The highest BCUT2D eigenvalue weighted by atomic mass is 127. The predicted molar refractivity (Wildman–Crippen MR) is 53.9 cm³/mol. The van der Waals surface area contributed by atoms with E-state index in [1.807, 2.05) is 0 Å². The van der Waals surface area contributed by atoms with Gasteiger partial charge in [-0.1, -0.05) is 0 Å². The minimum atomic E-state index is -0.994. The van der Waals surface area contributed by atoms with Crippen LogP contribution in [0.3, 0.4) is 0 Å². The van der Waals surface area contributed by atoms with E-state index in [2.05, 4.69) is 4.98 Å². The van der Waals surface area contributed by atoms with Crippen molar-refractivity contribution in [3.63, 3.8) is 0 Å². The van der Waals surface area contributed by atoms with Crippen LogP contribution in [0.5, 0.6) is 0 Å². The molecule has 1 heterocycles. The highest BCUT2D eigenvalue weighted by Crippen LogP contribution is 2.34. The molecule has 1 aromatic rings. The molecule has 1 fully saturated rings. The van der Waals surface area contributed by atoms with Gasteiger partial charge in [0, 0.05) is 15.6 Å². The summed E-state index contributed by atoms with van der Waals surface area (Å²) in [6.07, 6.45) is 1.59. The average Bonchev–Trinajstić information content (AvgIpc) is 2.83. The summed E-state index contributed by atoms with van der Waals surface area (Å²) < 4.78 is 26.1. The number of aromatic nitrogens is 1. The summed E-state index contributed by atoms with van der Waals surface area (Å²) in [5, 5.41) is 0. The number of nitrogens with zero attached hydrogens (tertiary/aromatic N) is 1. The number of ketones is 1. The van der Waals surface area contributed by atoms with Crippen molar-refractivity contribution in [1.82, 2.24) is 4.98 Å². The Kier molecular flexibility index (Phi) is 2.50. The molecule has 5 heteroatoms. The SMILES string of the molecule is O=C(c1c(I)cc(F)nc1F)C1CC1. The van der Waals surface area contributed by atoms with Crippen LogP contribution in [0.2, 0.25) is 0 Å². The van der Waals surface area contributed by atoms with Gasteiger partial charge in [-0.25, -0.2) is 0 Å². The van der Waals surface area contributed by atoms with Crippen molar-refractivity contribution in [2.75, 3.05) is 0 Å². The van der Waals surface area contributed by atoms with Crippen LogP contribution in [-0.2, 0) is 0 Å². The Morgan fingerprint density at radius 1 is 1.50 bits per heavy atom. The molecule has 2 nitrogen and oxygen atoms in total. The molecule has 1 aromatic heterocycles. The van der Waals surface area contributed by atoms with E-state index in [9.17, 15) is 13.6 Å². The van der Waals surface area contributed by atoms with Crippen LogP contribution in [-0.4, -0.2) is 10.8 Å². The highest BCUT2D eigenvalue weighted by Gasteiger charge is 2.33. The summed E-state index contributed by atoms with van der Waals surface area (Å²) in [6.45, 7) is 0. The first kappa shape index (κ1) is 9.95. The number of carbonyl (C=O) groups excluding carboxylic acids is 1. The Bertz CT molecular complexity index is 381. The molecular weight excluding hydrogens is 303 g/mol. The molecule has 0 spiro atoms. The van der Waals surface area contributed by atoms with Gasteiger partial charge in [-0.3, -0.25) is 4.79 Å². The van der Waals surface area contributed by atoms with Crippen molar-refractivity contribution in [1.29, 1.82) is 0 Å². The zero-order chi connectivity index (χ0) is 10.3. The first-order valence-electron chi connectivity index (χ1n) is 4.15. The molecule has 0 unspecified atom stereocenters. The van der Waals surface area contributed by atoms with Gasteiger partial charge in [0.05, 0.1) is 5.56 Å². The van der Waals surface area contributed by atoms with Gasteiger partial charge in [-0.05, 0) is 35.4 Å². The normalized spacial score (nSPS) is 15.6. The predicted octanol–water partition coefficient (Wildman–Crippen LogP) is 2.56. The van der Waals surface area contributed by atoms with Crippen molar-refractivity contribution < 1.29 is 13.6 Å². The number of halogens is 3. The number of rotatable bonds is 2. The zero-order valence-electron chi connectivity index (χ0n) is 7.06. The molecule has 0 radical (unpaired) electrons. The van der Waals surface area contributed by atoms with Gasteiger partial charge < -0.3 is 0 Å². The van der Waals surface area contributed by atoms with E-state index >= 15 is 0 Å². The maximum Gasteiger partial charge on any atom is 0.227 e. The molecule has 2 rings (SSSR count). The molecule has 0 amide bonds. The van der Waals surface area contributed by atoms with Crippen LogP contribution in [0.25, 0.3) is 0 Å². The largest absolute Gasteiger partial charge is 0.294 e. The van der Waals surface area contributed by atoms with E-state index in [4.69, 9.17) is 0 Å². The molecule has 1 saturated carbocycles. The second-order valence-corrected chi connectivity index (χ2v) is 4.39. The molecule has 14 heavy (non-hydrogen) atoms. The van der Waals surface area contributed by atoms with Gasteiger partial charge in [0.15, 0.2) is 5.78 Å². The van der Waals surface area contributed by atoms with Crippen LogP contribution in [0.4, 0.5) is 8.78 Å². The lowest BCUT2D eigenvalue weighted by molar-refractivity contribution is 0.0961. The second-order valence-electron chi connectivity index (χ2n) is 3.23. The summed E-state index contributed by atoms with van der Waals surface area (Å²) in [6, 6.07) is 1.07. The Hall–Kier alpha value is -0.590. The molecule has 74 valence electrons. The lowest BCUT2D eigenvalue weighted by atomic mass is 10.1. The van der Waals surface area contributed by atoms with E-state index in [0.29, 0.717) is 3.57 Å². The summed E-state index contributed by atoms with van der Waals surface area (Å²) in [4.78, 5) is 14.6. The van der Waals surface area contributed by atoms with Crippen molar-refractivity contribution in [2.24, 2.45) is 5.92 Å². The third-order valence-electron chi connectivity index (χ3n) is 2.09. The van der Waals surface area contributed by atoms with E-state index in [1.54, 1.807) is 22.6 Å². The van der Waals surface area contributed by atoms with Crippen molar-refractivity contribution in [3.05, 3.63) is 27.1 Å². The number of Topliss-reactive ketones (excluding diaryl/α,β-unsaturated/α-hetero) is 1. The van der Waals surface area contributed by atoms with Crippen LogP contribution >= 0.6 is 22.6 Å². The maximum absolute atomic E-state index is 13.2. The molecule has 1 aliphatic carbocycles. The molecular formula is C9H6F2INO. The van der Waals surface area contributed by atoms with E-state index in [0.717, 1.165) is 18.9 Å². The van der Waals surface area contributed by atoms with Crippen molar-refractivity contribution >= 4 is 28.4 Å². The van der Waals surface area contributed by atoms with E-state index in [1.165, 1.54) is 0 Å². The van der Waals surface area contributed by atoms with Gasteiger partial charge in [0.25, 0.3) is 0 Å². The van der Waals surface area contributed by atoms with Crippen LogP contribution < -0.4 is 0 Å². The maximum atomic E-state index is 13.2. The van der Waals surface area contributed by atoms with Gasteiger partial charge in [0.2, 0.25) is 11.9 Å². The Morgan fingerprint density at radius 2 is 2.14 bits per heavy atom. The van der Waals surface area contributed by atoms with E-state index in [-0.39, 0.29) is 17.3 Å². The van der Waals surface area contributed by atoms with Crippen LogP contribution in [0, 0.1) is 21.4 Å². The minimum absolute atomic E-state index is 0.0606. The van der Waals surface area contributed by atoms with Crippen molar-refractivity contribution in [2.45, 2.75) is 12.8 Å². The van der Waals surface area contributed by atoms with Gasteiger partial charge in [-0.2, -0.15) is 13.8 Å². The average molecular weight is 309 g/mol. The Morgan fingerprint density at radius 3 is 2.64 bits per heavy atom. The third-order valence-corrected chi connectivity index (χ3v) is 2.94. The van der Waals surface area contributed by atoms with Crippen LogP contribution in [0.15, 0.2) is 6.07 Å². The fourth-order valence-electron chi connectivity index (χ4n) is 1.23. The lowest BCUT2D eigenvalue weighted by Gasteiger charge is -2.03. The molecule has 0 atom stereocenters. The minimum Gasteiger partial charge on any atom is -0.294 e. The topological polar surface area (TPSA) is 30.0 Å². The number of pyridine rings is 1. The standard InChI is InChI=1S/C9H6F2INO/c10-6-3-5(12)7(9(11)13-6)8(14)4-1-2-4/h3-4H,1-2H2. The molecule has 1 aliphatic rings. The summed E-state index contributed by atoms with van der Waals surface area (Å²) in [5.74, 6) is -2.21. The fourth-order valence-corrected chi connectivity index (χ4v) is 1.97. The quantitative estimate of drug-likeness (QED) is 0.477. The van der Waals surface area contributed by atoms with Gasteiger partial charge in [-0.15, -0.1) is 0 Å².